The molecule has 0 atom stereocenters. The molecular formula is C11H16BNO4. The van der Waals surface area contributed by atoms with Crippen molar-refractivity contribution in [2.24, 2.45) is 0 Å². The highest BCUT2D eigenvalue weighted by molar-refractivity contribution is 6.58. The fourth-order valence-corrected chi connectivity index (χ4v) is 1.24. The van der Waals surface area contributed by atoms with Crippen molar-refractivity contribution in [3.63, 3.8) is 0 Å². The summed E-state index contributed by atoms with van der Waals surface area (Å²) < 4.78 is 4.91. The van der Waals surface area contributed by atoms with Gasteiger partial charge in [0.2, 0.25) is 0 Å². The van der Waals surface area contributed by atoms with E-state index in [-0.39, 0.29) is 0 Å². The second-order valence-corrected chi connectivity index (χ2v) is 3.61. The third-order valence-corrected chi connectivity index (χ3v) is 2.16. The van der Waals surface area contributed by atoms with Gasteiger partial charge in [-0.15, -0.1) is 0 Å². The van der Waals surface area contributed by atoms with E-state index < -0.39 is 13.2 Å². The largest absolute Gasteiger partial charge is 0.488 e. The molecule has 0 aromatic heterocycles. The number of carbonyl (C=O) groups is 1. The molecule has 0 heterocycles. The third-order valence-electron chi connectivity index (χ3n) is 2.16. The van der Waals surface area contributed by atoms with Gasteiger partial charge in [-0.25, -0.2) is 4.79 Å². The second kappa shape index (κ2) is 6.93. The lowest BCUT2D eigenvalue weighted by atomic mass is 9.80. The molecule has 0 radical (unpaired) electrons. The molecule has 1 amide bonds. The number of rotatable bonds is 5. The molecule has 5 nitrogen and oxygen atoms in total. The van der Waals surface area contributed by atoms with Crippen LogP contribution in [0.15, 0.2) is 24.3 Å². The number of ether oxygens (including phenoxy) is 1. The Morgan fingerprint density at radius 1 is 1.47 bits per heavy atom. The topological polar surface area (TPSA) is 78.8 Å². The molecule has 17 heavy (non-hydrogen) atoms. The normalized spacial score (nSPS) is 9.82. The number of hydrogen-bond acceptors (Lipinski definition) is 4. The highest BCUT2D eigenvalue weighted by Crippen LogP contribution is 2.05. The Balaban J connectivity index is 2.50. The van der Waals surface area contributed by atoms with Crippen LogP contribution >= 0.6 is 0 Å². The predicted molar refractivity (Wildman–Crippen MR) is 66.1 cm³/mol. The van der Waals surface area contributed by atoms with Crippen molar-refractivity contribution in [1.29, 1.82) is 0 Å². The lowest BCUT2D eigenvalue weighted by molar-refractivity contribution is 0.160. The molecule has 1 aromatic carbocycles. The zero-order chi connectivity index (χ0) is 12.7. The molecule has 0 fully saturated rings. The minimum atomic E-state index is -1.55. The van der Waals surface area contributed by atoms with E-state index in [0.29, 0.717) is 17.8 Å². The maximum Gasteiger partial charge on any atom is 0.488 e. The molecule has 0 aliphatic heterocycles. The van der Waals surface area contributed by atoms with E-state index in [1.54, 1.807) is 18.2 Å². The van der Waals surface area contributed by atoms with Gasteiger partial charge >= 0.3 is 13.2 Å². The monoisotopic (exact) mass is 237 g/mol. The summed E-state index contributed by atoms with van der Waals surface area (Å²) in [5.74, 6) is 0. The van der Waals surface area contributed by atoms with Crippen LogP contribution < -0.4 is 10.8 Å². The Morgan fingerprint density at radius 2 is 2.24 bits per heavy atom. The summed E-state index contributed by atoms with van der Waals surface area (Å²) in [5.41, 5.74) is 0.786. The van der Waals surface area contributed by atoms with Gasteiger partial charge in [0, 0.05) is 5.69 Å². The molecule has 0 aliphatic carbocycles. The van der Waals surface area contributed by atoms with Gasteiger partial charge in [0.1, 0.15) is 0 Å². The third kappa shape index (κ3) is 4.88. The summed E-state index contributed by atoms with van der Waals surface area (Å²) in [6.07, 6.45) is 1.24. The summed E-state index contributed by atoms with van der Waals surface area (Å²) in [4.78, 5) is 11.3. The van der Waals surface area contributed by atoms with Crippen LogP contribution in [0.1, 0.15) is 19.8 Å². The van der Waals surface area contributed by atoms with Gasteiger partial charge in [-0.1, -0.05) is 25.5 Å². The SMILES string of the molecule is CCCCOC(=O)Nc1cccc(B(O)O)c1. The molecule has 1 rings (SSSR count). The minimum Gasteiger partial charge on any atom is -0.449 e. The zero-order valence-electron chi connectivity index (χ0n) is 9.72. The molecule has 6 heteroatoms. The van der Waals surface area contributed by atoms with Crippen molar-refractivity contribution < 1.29 is 19.6 Å². The Kier molecular flexibility index (Phi) is 5.52. The second-order valence-electron chi connectivity index (χ2n) is 3.61. The van der Waals surface area contributed by atoms with Crippen LogP contribution in [-0.4, -0.2) is 29.9 Å². The molecule has 0 bridgehead atoms. The fourth-order valence-electron chi connectivity index (χ4n) is 1.24. The highest BCUT2D eigenvalue weighted by atomic mass is 16.5. The van der Waals surface area contributed by atoms with Crippen molar-refractivity contribution >= 4 is 24.4 Å². The van der Waals surface area contributed by atoms with Crippen LogP contribution in [0, 0.1) is 0 Å². The van der Waals surface area contributed by atoms with E-state index in [2.05, 4.69) is 5.32 Å². The predicted octanol–water partition coefficient (Wildman–Crippen LogP) is 0.715. The summed E-state index contributed by atoms with van der Waals surface area (Å²) in [6.45, 7) is 2.39. The van der Waals surface area contributed by atoms with Gasteiger partial charge in [0.25, 0.3) is 0 Å². The molecule has 0 spiro atoms. The highest BCUT2D eigenvalue weighted by Gasteiger charge is 2.11. The van der Waals surface area contributed by atoms with E-state index in [1.165, 1.54) is 6.07 Å². The Hall–Kier alpha value is -1.53. The first-order valence-corrected chi connectivity index (χ1v) is 5.53. The molecule has 92 valence electrons. The molecule has 0 unspecified atom stereocenters. The van der Waals surface area contributed by atoms with Crippen LogP contribution in [-0.2, 0) is 4.74 Å². The van der Waals surface area contributed by atoms with E-state index >= 15 is 0 Å². The maximum atomic E-state index is 11.3. The van der Waals surface area contributed by atoms with Crippen molar-refractivity contribution in [3.05, 3.63) is 24.3 Å². The number of nitrogens with one attached hydrogen (secondary N) is 1. The molecular weight excluding hydrogens is 221 g/mol. The Labute approximate surface area is 101 Å². The lowest BCUT2D eigenvalue weighted by Crippen LogP contribution is -2.30. The maximum absolute atomic E-state index is 11.3. The number of hydrogen-bond donors (Lipinski definition) is 3. The number of unbranched alkanes of at least 4 members (excludes halogenated alkanes) is 1. The number of anilines is 1. The molecule has 0 aliphatic rings. The van der Waals surface area contributed by atoms with Gasteiger partial charge in [0.15, 0.2) is 0 Å². The quantitative estimate of drug-likeness (QED) is 0.520. The smallest absolute Gasteiger partial charge is 0.449 e. The van der Waals surface area contributed by atoms with Gasteiger partial charge in [-0.05, 0) is 24.0 Å². The van der Waals surface area contributed by atoms with Crippen molar-refractivity contribution in [2.45, 2.75) is 19.8 Å². The van der Waals surface area contributed by atoms with Crippen molar-refractivity contribution in [1.82, 2.24) is 0 Å². The van der Waals surface area contributed by atoms with Crippen LogP contribution in [0.3, 0.4) is 0 Å². The van der Waals surface area contributed by atoms with Crippen LogP contribution in [0.4, 0.5) is 10.5 Å². The Morgan fingerprint density at radius 3 is 2.88 bits per heavy atom. The molecule has 1 aromatic rings. The summed E-state index contributed by atoms with van der Waals surface area (Å²) in [7, 11) is -1.55. The van der Waals surface area contributed by atoms with Gasteiger partial charge in [-0.3, -0.25) is 5.32 Å². The summed E-state index contributed by atoms with van der Waals surface area (Å²) in [6, 6.07) is 6.30. The van der Waals surface area contributed by atoms with Crippen LogP contribution in [0.2, 0.25) is 0 Å². The van der Waals surface area contributed by atoms with Gasteiger partial charge in [-0.2, -0.15) is 0 Å². The Bertz CT molecular complexity index is 370. The van der Waals surface area contributed by atoms with Gasteiger partial charge < -0.3 is 14.8 Å². The molecule has 0 saturated heterocycles. The summed E-state index contributed by atoms with van der Waals surface area (Å²) >= 11 is 0. The number of carbonyl (C=O) groups excluding carboxylic acids is 1. The summed E-state index contributed by atoms with van der Waals surface area (Å²) in [5, 5.41) is 20.4. The van der Waals surface area contributed by atoms with Crippen molar-refractivity contribution in [3.8, 4) is 0 Å². The molecule has 3 N–H and O–H groups in total. The van der Waals surface area contributed by atoms with E-state index in [0.717, 1.165) is 12.8 Å². The average molecular weight is 237 g/mol. The average Bonchev–Trinajstić information content (AvgIpc) is 2.29. The first kappa shape index (κ1) is 13.5. The number of amides is 1. The first-order valence-electron chi connectivity index (χ1n) is 5.53. The first-order chi connectivity index (χ1) is 8.13. The standard InChI is InChI=1S/C11H16BNO4/c1-2-3-7-17-11(14)13-10-6-4-5-9(8-10)12(15)16/h4-6,8,15-16H,2-3,7H2,1H3,(H,13,14). The van der Waals surface area contributed by atoms with Crippen molar-refractivity contribution in [2.75, 3.05) is 11.9 Å². The zero-order valence-corrected chi connectivity index (χ0v) is 9.72. The van der Waals surface area contributed by atoms with Gasteiger partial charge in [0.05, 0.1) is 6.61 Å². The van der Waals surface area contributed by atoms with Crippen LogP contribution in [0.25, 0.3) is 0 Å². The van der Waals surface area contributed by atoms with E-state index in [4.69, 9.17) is 14.8 Å². The van der Waals surface area contributed by atoms with E-state index in [1.807, 2.05) is 6.92 Å². The molecule has 0 saturated carbocycles. The fraction of sp³-hybridized carbons (Fsp3) is 0.364. The van der Waals surface area contributed by atoms with Crippen LogP contribution in [0.5, 0.6) is 0 Å². The van der Waals surface area contributed by atoms with E-state index in [9.17, 15) is 4.79 Å². The lowest BCUT2D eigenvalue weighted by Gasteiger charge is -2.07. The number of benzene rings is 1. The minimum absolute atomic E-state index is 0.316.